The number of amides is 1. The number of carbonyl (C=O) groups is 2. The first-order chi connectivity index (χ1) is 18.7. The van der Waals surface area contributed by atoms with Crippen LogP contribution < -0.4 is 9.64 Å². The number of hydrogen-bond acceptors (Lipinski definition) is 3. The molecule has 0 spiro atoms. The summed E-state index contributed by atoms with van der Waals surface area (Å²) in [5.41, 5.74) is 4.90. The molecule has 0 heterocycles. The lowest BCUT2D eigenvalue weighted by atomic mass is 10.0. The first-order valence-corrected chi connectivity index (χ1v) is 12.3. The van der Waals surface area contributed by atoms with Crippen molar-refractivity contribution in [1.29, 1.82) is 0 Å². The van der Waals surface area contributed by atoms with E-state index >= 15 is 0 Å². The molecular weight excluding hydrogens is 470 g/mol. The first-order valence-electron chi connectivity index (χ1n) is 12.3. The lowest BCUT2D eigenvalue weighted by molar-refractivity contribution is 0.104. The molecule has 0 radical (unpaired) electrons. The monoisotopic (exact) mass is 495 g/mol. The molecule has 0 aromatic heterocycles. The molecule has 1 amide bonds. The maximum atomic E-state index is 13.2. The lowest BCUT2D eigenvalue weighted by Gasteiger charge is -2.22. The molecule has 0 fully saturated rings. The Morgan fingerprint density at radius 1 is 0.579 bits per heavy atom. The smallest absolute Gasteiger partial charge is 0.410 e. The molecular formula is C34H25NO3. The summed E-state index contributed by atoms with van der Waals surface area (Å²) in [5.74, 6) is 0.278. The highest BCUT2D eigenvalue weighted by Crippen LogP contribution is 2.27. The molecule has 5 aromatic rings. The fraction of sp³-hybridized carbons (Fsp3) is 0. The molecule has 0 unspecified atom stereocenters. The van der Waals surface area contributed by atoms with Gasteiger partial charge < -0.3 is 4.74 Å². The molecule has 0 atom stereocenters. The Labute approximate surface area is 222 Å². The zero-order valence-electron chi connectivity index (χ0n) is 20.6. The second kappa shape index (κ2) is 11.7. The lowest BCUT2D eigenvalue weighted by Crippen LogP contribution is -2.29. The van der Waals surface area contributed by atoms with Crippen molar-refractivity contribution in [3.63, 3.8) is 0 Å². The van der Waals surface area contributed by atoms with Gasteiger partial charge in [0, 0.05) is 5.56 Å². The number of allylic oxidation sites excluding steroid dienone is 1. The third kappa shape index (κ3) is 5.94. The highest BCUT2D eigenvalue weighted by atomic mass is 16.6. The van der Waals surface area contributed by atoms with Crippen LogP contribution >= 0.6 is 0 Å². The van der Waals surface area contributed by atoms with E-state index in [-0.39, 0.29) is 5.78 Å². The molecule has 0 aliphatic rings. The zero-order valence-corrected chi connectivity index (χ0v) is 20.6. The van der Waals surface area contributed by atoms with Gasteiger partial charge in [-0.1, -0.05) is 109 Å². The summed E-state index contributed by atoms with van der Waals surface area (Å²) >= 11 is 0. The number of ether oxygens (including phenoxy) is 1. The van der Waals surface area contributed by atoms with Gasteiger partial charge in [0.05, 0.1) is 11.4 Å². The summed E-state index contributed by atoms with van der Waals surface area (Å²) in [4.78, 5) is 27.5. The summed E-state index contributed by atoms with van der Waals surface area (Å²) in [5, 5.41) is 0. The van der Waals surface area contributed by atoms with Crippen molar-refractivity contribution in [2.45, 2.75) is 0 Å². The van der Waals surface area contributed by atoms with Crippen LogP contribution in [0.2, 0.25) is 0 Å². The molecule has 0 aliphatic heterocycles. The summed E-state index contributed by atoms with van der Waals surface area (Å²) < 4.78 is 5.74. The van der Waals surface area contributed by atoms with E-state index < -0.39 is 6.09 Å². The Kier molecular flexibility index (Phi) is 7.52. The molecule has 0 saturated carbocycles. The van der Waals surface area contributed by atoms with Crippen LogP contribution in [0.5, 0.6) is 5.75 Å². The second-order valence-corrected chi connectivity index (χ2v) is 8.59. The number of anilines is 2. The van der Waals surface area contributed by atoms with Crippen molar-refractivity contribution in [2.75, 3.05) is 4.90 Å². The molecule has 0 N–H and O–H groups in total. The largest absolute Gasteiger partial charge is 0.424 e. The van der Waals surface area contributed by atoms with Gasteiger partial charge in [-0.25, -0.2) is 9.69 Å². The van der Waals surface area contributed by atoms with Crippen LogP contribution in [0.15, 0.2) is 146 Å². The summed E-state index contributed by atoms with van der Waals surface area (Å²) in [6, 6.07) is 43.4. The highest BCUT2D eigenvalue weighted by Gasteiger charge is 2.20. The average Bonchev–Trinajstić information content (AvgIpc) is 2.98. The third-order valence-corrected chi connectivity index (χ3v) is 5.98. The van der Waals surface area contributed by atoms with Gasteiger partial charge in [0.1, 0.15) is 5.75 Å². The van der Waals surface area contributed by atoms with Gasteiger partial charge in [0.2, 0.25) is 0 Å². The van der Waals surface area contributed by atoms with Gasteiger partial charge in [-0.05, 0) is 59.2 Å². The van der Waals surface area contributed by atoms with Crippen LogP contribution in [0.1, 0.15) is 15.9 Å². The Bertz CT molecular complexity index is 1510. The van der Waals surface area contributed by atoms with Crippen molar-refractivity contribution in [3.8, 4) is 16.9 Å². The number of nitrogens with zero attached hydrogens (tertiary/aromatic N) is 1. The molecule has 0 saturated heterocycles. The van der Waals surface area contributed by atoms with E-state index in [4.69, 9.17) is 4.74 Å². The van der Waals surface area contributed by atoms with Crippen LogP contribution in [0.4, 0.5) is 16.2 Å². The van der Waals surface area contributed by atoms with E-state index in [0.29, 0.717) is 22.7 Å². The van der Waals surface area contributed by atoms with Crippen molar-refractivity contribution >= 4 is 29.3 Å². The molecule has 184 valence electrons. The van der Waals surface area contributed by atoms with Gasteiger partial charge >= 0.3 is 6.09 Å². The van der Waals surface area contributed by atoms with Crippen LogP contribution in [0.25, 0.3) is 17.2 Å². The second-order valence-electron chi connectivity index (χ2n) is 8.59. The standard InChI is InChI=1S/C34H25NO3/c36-33(29-22-20-28(21-23-29)27-12-4-1-5-13-27)24-19-26-11-10-18-32(25-26)38-34(37)35(30-14-6-2-7-15-30)31-16-8-3-9-17-31/h1-25H/b24-19+. The maximum absolute atomic E-state index is 13.2. The normalized spacial score (nSPS) is 10.7. The van der Waals surface area contributed by atoms with Crippen LogP contribution in [0.3, 0.4) is 0 Å². The van der Waals surface area contributed by atoms with Crippen molar-refractivity contribution in [3.05, 3.63) is 157 Å². The van der Waals surface area contributed by atoms with Gasteiger partial charge in [-0.2, -0.15) is 0 Å². The molecule has 5 rings (SSSR count). The van der Waals surface area contributed by atoms with Crippen molar-refractivity contribution in [1.82, 2.24) is 0 Å². The van der Waals surface area contributed by atoms with Gasteiger partial charge in [0.15, 0.2) is 5.78 Å². The van der Waals surface area contributed by atoms with E-state index in [0.717, 1.165) is 16.7 Å². The van der Waals surface area contributed by atoms with E-state index in [1.54, 1.807) is 24.3 Å². The molecule has 0 aliphatic carbocycles. The van der Waals surface area contributed by atoms with Gasteiger partial charge in [0.25, 0.3) is 0 Å². The molecule has 0 bridgehead atoms. The number of ketones is 1. The van der Waals surface area contributed by atoms with E-state index in [1.807, 2.05) is 121 Å². The number of para-hydroxylation sites is 2. The Morgan fingerprint density at radius 2 is 1.13 bits per heavy atom. The fourth-order valence-electron chi connectivity index (χ4n) is 4.07. The summed E-state index contributed by atoms with van der Waals surface area (Å²) in [6.07, 6.45) is 2.72. The number of carbonyl (C=O) groups excluding carboxylic acids is 2. The predicted molar refractivity (Wildman–Crippen MR) is 153 cm³/mol. The predicted octanol–water partition coefficient (Wildman–Crippen LogP) is 8.59. The van der Waals surface area contributed by atoms with Crippen LogP contribution in [-0.2, 0) is 0 Å². The molecule has 38 heavy (non-hydrogen) atoms. The van der Waals surface area contributed by atoms with Crippen LogP contribution in [-0.4, -0.2) is 11.9 Å². The molecule has 4 nitrogen and oxygen atoms in total. The summed E-state index contributed by atoms with van der Waals surface area (Å²) in [7, 11) is 0. The van der Waals surface area contributed by atoms with Crippen LogP contribution in [0, 0.1) is 0 Å². The highest BCUT2D eigenvalue weighted by molar-refractivity contribution is 6.07. The SMILES string of the molecule is O=C(/C=C/c1cccc(OC(=O)N(c2ccccc2)c2ccccc2)c1)c1ccc(-c2ccccc2)cc1. The van der Waals surface area contributed by atoms with E-state index in [2.05, 4.69) is 0 Å². The van der Waals surface area contributed by atoms with Crippen molar-refractivity contribution in [2.24, 2.45) is 0 Å². The minimum atomic E-state index is -0.530. The minimum absolute atomic E-state index is 0.105. The Morgan fingerprint density at radius 3 is 1.74 bits per heavy atom. The first kappa shape index (κ1) is 24.5. The maximum Gasteiger partial charge on any atom is 0.424 e. The Balaban J connectivity index is 1.29. The van der Waals surface area contributed by atoms with Gasteiger partial charge in [-0.3, -0.25) is 4.79 Å². The number of benzene rings is 5. The fourth-order valence-corrected chi connectivity index (χ4v) is 4.07. The Hall–Kier alpha value is -5.22. The topological polar surface area (TPSA) is 46.6 Å². The van der Waals surface area contributed by atoms with Gasteiger partial charge in [-0.15, -0.1) is 0 Å². The molecule has 5 aromatic carbocycles. The molecule has 4 heteroatoms. The van der Waals surface area contributed by atoms with E-state index in [9.17, 15) is 9.59 Å². The van der Waals surface area contributed by atoms with Crippen molar-refractivity contribution < 1.29 is 14.3 Å². The quantitative estimate of drug-likeness (QED) is 0.168. The average molecular weight is 496 g/mol. The number of hydrogen-bond donors (Lipinski definition) is 0. The van der Waals surface area contributed by atoms with E-state index in [1.165, 1.54) is 11.0 Å². The minimum Gasteiger partial charge on any atom is -0.410 e. The number of rotatable bonds is 7. The summed E-state index contributed by atoms with van der Waals surface area (Å²) in [6.45, 7) is 0. The third-order valence-electron chi connectivity index (χ3n) is 5.98. The zero-order chi connectivity index (χ0) is 26.2.